The van der Waals surface area contributed by atoms with Crippen LogP contribution in [-0.2, 0) is 0 Å². The molecule has 0 spiro atoms. The largest absolute Gasteiger partial charge is 0.312 e. The van der Waals surface area contributed by atoms with Crippen LogP contribution in [0.1, 0.15) is 24.4 Å². The van der Waals surface area contributed by atoms with E-state index in [0.29, 0.717) is 6.04 Å². The van der Waals surface area contributed by atoms with Crippen molar-refractivity contribution in [3.8, 4) is 0 Å². The fourth-order valence-electron chi connectivity index (χ4n) is 2.30. The summed E-state index contributed by atoms with van der Waals surface area (Å²) in [5.74, 6) is -1.58. The molecule has 1 aliphatic heterocycles. The summed E-state index contributed by atoms with van der Waals surface area (Å²) in [5.41, 5.74) is 0.792. The second kappa shape index (κ2) is 4.89. The van der Waals surface area contributed by atoms with Crippen molar-refractivity contribution < 1.29 is 8.78 Å². The minimum absolute atomic E-state index is 0.0394. The number of halogens is 2. The maximum Gasteiger partial charge on any atom is 0.159 e. The van der Waals surface area contributed by atoms with Gasteiger partial charge in [0.2, 0.25) is 0 Å². The molecule has 0 aromatic heterocycles. The van der Waals surface area contributed by atoms with Gasteiger partial charge in [0.15, 0.2) is 11.6 Å². The van der Waals surface area contributed by atoms with Crippen LogP contribution in [0.5, 0.6) is 0 Å². The zero-order valence-electron chi connectivity index (χ0n) is 9.26. The van der Waals surface area contributed by atoms with E-state index < -0.39 is 11.6 Å². The molecule has 1 heterocycles. The Morgan fingerprint density at radius 1 is 1.38 bits per heavy atom. The molecular formula is C12H16F2N2. The number of rotatable bonds is 3. The molecule has 16 heavy (non-hydrogen) atoms. The Morgan fingerprint density at radius 2 is 2.19 bits per heavy atom. The fraction of sp³-hybridized carbons (Fsp3) is 0.500. The smallest absolute Gasteiger partial charge is 0.159 e. The predicted molar refractivity (Wildman–Crippen MR) is 59.2 cm³/mol. The summed E-state index contributed by atoms with van der Waals surface area (Å²) in [7, 11) is 1.84. The van der Waals surface area contributed by atoms with E-state index in [1.807, 2.05) is 7.05 Å². The molecule has 2 rings (SSSR count). The molecule has 2 unspecified atom stereocenters. The standard InChI is InChI=1S/C12H16F2N2/c1-15-12(11-3-2-6-16-11)8-4-5-9(13)10(14)7-8/h4-5,7,11-12,15-16H,2-3,6H2,1H3. The number of hydrogen-bond acceptors (Lipinski definition) is 2. The van der Waals surface area contributed by atoms with Gasteiger partial charge < -0.3 is 10.6 Å². The third-order valence-corrected chi connectivity index (χ3v) is 3.11. The monoisotopic (exact) mass is 226 g/mol. The molecule has 1 aliphatic rings. The number of hydrogen-bond donors (Lipinski definition) is 2. The van der Waals surface area contributed by atoms with Crippen molar-refractivity contribution >= 4 is 0 Å². The van der Waals surface area contributed by atoms with Gasteiger partial charge in [-0.15, -0.1) is 0 Å². The first kappa shape index (κ1) is 11.5. The van der Waals surface area contributed by atoms with E-state index in [-0.39, 0.29) is 6.04 Å². The van der Waals surface area contributed by atoms with Gasteiger partial charge in [-0.05, 0) is 44.1 Å². The average Bonchev–Trinajstić information content (AvgIpc) is 2.78. The molecule has 1 aromatic carbocycles. The molecule has 2 nitrogen and oxygen atoms in total. The van der Waals surface area contributed by atoms with Crippen molar-refractivity contribution in [2.45, 2.75) is 24.9 Å². The molecule has 0 amide bonds. The molecule has 88 valence electrons. The molecular weight excluding hydrogens is 210 g/mol. The van der Waals surface area contributed by atoms with Gasteiger partial charge in [0.25, 0.3) is 0 Å². The third kappa shape index (κ3) is 2.23. The molecule has 1 fully saturated rings. The highest BCUT2D eigenvalue weighted by Gasteiger charge is 2.25. The van der Waals surface area contributed by atoms with Gasteiger partial charge in [0.1, 0.15) is 0 Å². The highest BCUT2D eigenvalue weighted by Crippen LogP contribution is 2.23. The summed E-state index contributed by atoms with van der Waals surface area (Å²) in [5, 5.41) is 6.52. The van der Waals surface area contributed by atoms with Crippen LogP contribution >= 0.6 is 0 Å². The average molecular weight is 226 g/mol. The van der Waals surface area contributed by atoms with Crippen LogP contribution in [0.2, 0.25) is 0 Å². The van der Waals surface area contributed by atoms with Crippen molar-refractivity contribution in [2.24, 2.45) is 0 Å². The Kier molecular flexibility index (Phi) is 3.51. The lowest BCUT2D eigenvalue weighted by molar-refractivity contribution is 0.435. The van der Waals surface area contributed by atoms with Crippen LogP contribution < -0.4 is 10.6 Å². The Hall–Kier alpha value is -1.00. The molecule has 1 aromatic rings. The molecule has 0 aliphatic carbocycles. The van der Waals surface area contributed by atoms with Crippen molar-refractivity contribution in [1.29, 1.82) is 0 Å². The van der Waals surface area contributed by atoms with Crippen molar-refractivity contribution in [3.63, 3.8) is 0 Å². The van der Waals surface area contributed by atoms with E-state index in [1.54, 1.807) is 6.07 Å². The predicted octanol–water partition coefficient (Wildman–Crippen LogP) is 1.98. The number of benzene rings is 1. The highest BCUT2D eigenvalue weighted by molar-refractivity contribution is 5.23. The van der Waals surface area contributed by atoms with E-state index in [4.69, 9.17) is 0 Å². The first-order valence-corrected chi connectivity index (χ1v) is 5.58. The Balaban J connectivity index is 2.22. The van der Waals surface area contributed by atoms with Crippen LogP contribution in [0.25, 0.3) is 0 Å². The van der Waals surface area contributed by atoms with Crippen LogP contribution in [0.3, 0.4) is 0 Å². The van der Waals surface area contributed by atoms with Crippen LogP contribution in [0.4, 0.5) is 8.78 Å². The maximum absolute atomic E-state index is 13.1. The number of nitrogens with one attached hydrogen (secondary N) is 2. The summed E-state index contributed by atoms with van der Waals surface area (Å²) in [4.78, 5) is 0. The molecule has 0 radical (unpaired) electrons. The van der Waals surface area contributed by atoms with Gasteiger partial charge in [0.05, 0.1) is 0 Å². The second-order valence-corrected chi connectivity index (χ2v) is 4.14. The van der Waals surface area contributed by atoms with Crippen molar-refractivity contribution in [3.05, 3.63) is 35.4 Å². The van der Waals surface area contributed by atoms with Crippen molar-refractivity contribution in [2.75, 3.05) is 13.6 Å². The summed E-state index contributed by atoms with van der Waals surface area (Å²) >= 11 is 0. The molecule has 2 N–H and O–H groups in total. The summed E-state index contributed by atoms with van der Waals surface area (Å²) in [6, 6.07) is 4.44. The van der Waals surface area contributed by atoms with Gasteiger partial charge in [-0.2, -0.15) is 0 Å². The normalized spacial score (nSPS) is 22.3. The van der Waals surface area contributed by atoms with E-state index in [9.17, 15) is 8.78 Å². The number of likely N-dealkylation sites (N-methyl/N-ethyl adjacent to an activating group) is 1. The lowest BCUT2D eigenvalue weighted by Crippen LogP contribution is -2.36. The lowest BCUT2D eigenvalue weighted by atomic mass is 9.98. The zero-order chi connectivity index (χ0) is 11.5. The van der Waals surface area contributed by atoms with Gasteiger partial charge in [-0.3, -0.25) is 0 Å². The maximum atomic E-state index is 13.1. The minimum atomic E-state index is -0.794. The molecule has 0 bridgehead atoms. The van der Waals surface area contributed by atoms with E-state index in [0.717, 1.165) is 24.9 Å². The van der Waals surface area contributed by atoms with Gasteiger partial charge in [-0.25, -0.2) is 8.78 Å². The Bertz CT molecular complexity index is 362. The first-order valence-electron chi connectivity index (χ1n) is 5.58. The summed E-state index contributed by atoms with van der Waals surface area (Å²) in [6.07, 6.45) is 2.19. The van der Waals surface area contributed by atoms with Gasteiger partial charge >= 0.3 is 0 Å². The SMILES string of the molecule is CNC(c1ccc(F)c(F)c1)C1CCCN1. The molecule has 0 saturated carbocycles. The molecule has 1 saturated heterocycles. The summed E-state index contributed by atoms with van der Waals surface area (Å²) in [6.45, 7) is 0.993. The van der Waals surface area contributed by atoms with E-state index >= 15 is 0 Å². The first-order chi connectivity index (χ1) is 7.72. The molecule has 4 heteroatoms. The van der Waals surface area contributed by atoms with Gasteiger partial charge in [-0.1, -0.05) is 6.07 Å². The minimum Gasteiger partial charge on any atom is -0.312 e. The molecule has 2 atom stereocenters. The Labute approximate surface area is 94.0 Å². The quantitative estimate of drug-likeness (QED) is 0.823. The summed E-state index contributed by atoms with van der Waals surface area (Å²) < 4.78 is 26.0. The third-order valence-electron chi connectivity index (χ3n) is 3.11. The van der Waals surface area contributed by atoms with E-state index in [1.165, 1.54) is 12.1 Å². The van der Waals surface area contributed by atoms with Crippen LogP contribution in [0, 0.1) is 11.6 Å². The Morgan fingerprint density at radius 3 is 2.75 bits per heavy atom. The van der Waals surface area contributed by atoms with Crippen LogP contribution in [-0.4, -0.2) is 19.6 Å². The zero-order valence-corrected chi connectivity index (χ0v) is 9.26. The van der Waals surface area contributed by atoms with Crippen LogP contribution in [0.15, 0.2) is 18.2 Å². The van der Waals surface area contributed by atoms with Gasteiger partial charge in [0, 0.05) is 12.1 Å². The topological polar surface area (TPSA) is 24.1 Å². The highest BCUT2D eigenvalue weighted by atomic mass is 19.2. The van der Waals surface area contributed by atoms with E-state index in [2.05, 4.69) is 10.6 Å². The second-order valence-electron chi connectivity index (χ2n) is 4.14. The fourth-order valence-corrected chi connectivity index (χ4v) is 2.30. The lowest BCUT2D eigenvalue weighted by Gasteiger charge is -2.23. The van der Waals surface area contributed by atoms with Crippen molar-refractivity contribution in [1.82, 2.24) is 10.6 Å².